The van der Waals surface area contributed by atoms with E-state index in [1.54, 1.807) is 0 Å². The van der Waals surface area contributed by atoms with Gasteiger partial charge in [0.2, 0.25) is 0 Å². The lowest BCUT2D eigenvalue weighted by Crippen LogP contribution is -2.49. The quantitative estimate of drug-likeness (QED) is 0.746. The summed E-state index contributed by atoms with van der Waals surface area (Å²) in [4.78, 5) is 2.39. The summed E-state index contributed by atoms with van der Waals surface area (Å²) < 4.78 is 5.57. The molecular formula is C14H27NO3. The molecule has 0 aromatic heterocycles. The number of rotatable bonds is 6. The molecule has 1 heterocycles. The Bertz CT molecular complexity index is 235. The van der Waals surface area contributed by atoms with Gasteiger partial charge in [0.05, 0.1) is 19.8 Å². The molecule has 1 atom stereocenters. The highest BCUT2D eigenvalue weighted by Crippen LogP contribution is 2.32. The first-order chi connectivity index (χ1) is 8.79. The lowest BCUT2D eigenvalue weighted by Gasteiger charge is -2.41. The average Bonchev–Trinajstić information content (AvgIpc) is 2.93. The maximum atomic E-state index is 9.73. The second-order valence-corrected chi connectivity index (χ2v) is 5.95. The lowest BCUT2D eigenvalue weighted by molar-refractivity contribution is -0.0624. The van der Waals surface area contributed by atoms with Crippen LogP contribution >= 0.6 is 0 Å². The first-order valence-electron chi connectivity index (χ1n) is 7.33. The van der Waals surface area contributed by atoms with Gasteiger partial charge < -0.3 is 14.9 Å². The van der Waals surface area contributed by atoms with Crippen LogP contribution in [-0.4, -0.2) is 60.7 Å². The van der Waals surface area contributed by atoms with Crippen molar-refractivity contribution >= 4 is 0 Å². The van der Waals surface area contributed by atoms with Gasteiger partial charge in [0.25, 0.3) is 0 Å². The van der Waals surface area contributed by atoms with Crippen LogP contribution in [0.3, 0.4) is 0 Å². The highest BCUT2D eigenvalue weighted by atomic mass is 16.5. The summed E-state index contributed by atoms with van der Waals surface area (Å²) in [7, 11) is 0. The molecule has 1 saturated heterocycles. The summed E-state index contributed by atoms with van der Waals surface area (Å²) in [6.45, 7) is 3.49. The highest BCUT2D eigenvalue weighted by Gasteiger charge is 2.36. The van der Waals surface area contributed by atoms with Gasteiger partial charge >= 0.3 is 0 Å². The molecule has 0 aromatic carbocycles. The van der Waals surface area contributed by atoms with Gasteiger partial charge in [-0.2, -0.15) is 0 Å². The van der Waals surface area contributed by atoms with Crippen molar-refractivity contribution in [2.24, 2.45) is 5.41 Å². The van der Waals surface area contributed by atoms with Gasteiger partial charge in [0.1, 0.15) is 0 Å². The minimum atomic E-state index is -0.101. The highest BCUT2D eigenvalue weighted by molar-refractivity contribution is 4.88. The summed E-state index contributed by atoms with van der Waals surface area (Å²) >= 11 is 0. The van der Waals surface area contributed by atoms with Crippen molar-refractivity contribution in [2.45, 2.75) is 44.6 Å². The fraction of sp³-hybridized carbons (Fsp3) is 1.00. The fourth-order valence-corrected chi connectivity index (χ4v) is 3.43. The number of hydrogen-bond acceptors (Lipinski definition) is 4. The third-order valence-electron chi connectivity index (χ3n) is 4.51. The number of hydrogen-bond donors (Lipinski definition) is 2. The predicted octanol–water partition coefficient (Wildman–Crippen LogP) is 1.01. The minimum absolute atomic E-state index is 0.101. The van der Waals surface area contributed by atoms with Gasteiger partial charge in [-0.3, -0.25) is 4.90 Å². The van der Waals surface area contributed by atoms with Crippen LogP contribution in [0.25, 0.3) is 0 Å². The molecule has 2 N–H and O–H groups in total. The summed E-state index contributed by atoms with van der Waals surface area (Å²) in [5.41, 5.74) is -0.101. The largest absolute Gasteiger partial charge is 0.396 e. The van der Waals surface area contributed by atoms with Gasteiger partial charge in [0, 0.05) is 31.2 Å². The molecule has 1 aliphatic carbocycles. The average molecular weight is 257 g/mol. The van der Waals surface area contributed by atoms with Crippen molar-refractivity contribution in [3.63, 3.8) is 0 Å². The SMILES string of the molecule is OCCN(CC1(CO)CCCOC1)C1CCCC1. The molecule has 0 bridgehead atoms. The number of aliphatic hydroxyl groups excluding tert-OH is 2. The maximum Gasteiger partial charge on any atom is 0.0558 e. The molecule has 2 aliphatic rings. The third kappa shape index (κ3) is 3.44. The smallest absolute Gasteiger partial charge is 0.0558 e. The van der Waals surface area contributed by atoms with Crippen LogP contribution in [-0.2, 0) is 4.74 Å². The molecule has 18 heavy (non-hydrogen) atoms. The van der Waals surface area contributed by atoms with Crippen molar-refractivity contribution in [1.82, 2.24) is 4.90 Å². The molecule has 2 fully saturated rings. The Hall–Kier alpha value is -0.160. The van der Waals surface area contributed by atoms with E-state index in [9.17, 15) is 10.2 Å². The molecule has 4 heteroatoms. The second-order valence-electron chi connectivity index (χ2n) is 5.95. The zero-order valence-corrected chi connectivity index (χ0v) is 11.3. The normalized spacial score (nSPS) is 30.2. The molecule has 0 amide bonds. The molecule has 0 spiro atoms. The number of nitrogens with zero attached hydrogens (tertiary/aromatic N) is 1. The van der Waals surface area contributed by atoms with E-state index >= 15 is 0 Å². The minimum Gasteiger partial charge on any atom is -0.396 e. The van der Waals surface area contributed by atoms with Crippen LogP contribution in [0.4, 0.5) is 0 Å². The molecule has 1 saturated carbocycles. The van der Waals surface area contributed by atoms with Crippen LogP contribution in [0, 0.1) is 5.41 Å². The third-order valence-corrected chi connectivity index (χ3v) is 4.51. The van der Waals surface area contributed by atoms with Gasteiger partial charge in [-0.25, -0.2) is 0 Å². The van der Waals surface area contributed by atoms with Gasteiger partial charge in [-0.15, -0.1) is 0 Å². The zero-order valence-electron chi connectivity index (χ0n) is 11.3. The van der Waals surface area contributed by atoms with Crippen LogP contribution in [0.2, 0.25) is 0 Å². The molecule has 0 radical (unpaired) electrons. The van der Waals surface area contributed by atoms with E-state index in [1.165, 1.54) is 25.7 Å². The monoisotopic (exact) mass is 257 g/mol. The van der Waals surface area contributed by atoms with Crippen molar-refractivity contribution in [2.75, 3.05) is 39.5 Å². The van der Waals surface area contributed by atoms with Crippen LogP contribution in [0.1, 0.15) is 38.5 Å². The van der Waals surface area contributed by atoms with Gasteiger partial charge in [-0.1, -0.05) is 12.8 Å². The van der Waals surface area contributed by atoms with Crippen molar-refractivity contribution < 1.29 is 14.9 Å². The molecule has 2 rings (SSSR count). The Morgan fingerprint density at radius 3 is 2.50 bits per heavy atom. The Labute approximate surface area is 110 Å². The van der Waals surface area contributed by atoms with E-state index in [0.29, 0.717) is 12.6 Å². The topological polar surface area (TPSA) is 52.9 Å². The molecular weight excluding hydrogens is 230 g/mol. The molecule has 0 aromatic rings. The van der Waals surface area contributed by atoms with Crippen molar-refractivity contribution in [3.8, 4) is 0 Å². The van der Waals surface area contributed by atoms with E-state index in [1.807, 2.05) is 0 Å². The van der Waals surface area contributed by atoms with Crippen LogP contribution in [0.15, 0.2) is 0 Å². The summed E-state index contributed by atoms with van der Waals surface area (Å²) in [5, 5.41) is 19.0. The van der Waals surface area contributed by atoms with E-state index in [-0.39, 0.29) is 18.6 Å². The van der Waals surface area contributed by atoms with E-state index in [4.69, 9.17) is 4.74 Å². The van der Waals surface area contributed by atoms with Crippen molar-refractivity contribution in [1.29, 1.82) is 0 Å². The van der Waals surface area contributed by atoms with Crippen LogP contribution < -0.4 is 0 Å². The van der Waals surface area contributed by atoms with E-state index < -0.39 is 0 Å². The molecule has 1 unspecified atom stereocenters. The zero-order chi connectivity index (χ0) is 12.8. The Balaban J connectivity index is 1.96. The Morgan fingerprint density at radius 2 is 1.94 bits per heavy atom. The van der Waals surface area contributed by atoms with Crippen LogP contribution in [0.5, 0.6) is 0 Å². The van der Waals surface area contributed by atoms with Crippen molar-refractivity contribution in [3.05, 3.63) is 0 Å². The number of ether oxygens (including phenoxy) is 1. The molecule has 1 aliphatic heterocycles. The first kappa shape index (κ1) is 14.3. The lowest BCUT2D eigenvalue weighted by atomic mass is 9.82. The Kier molecular flexibility index (Phi) is 5.42. The predicted molar refractivity (Wildman–Crippen MR) is 70.5 cm³/mol. The fourth-order valence-electron chi connectivity index (χ4n) is 3.43. The van der Waals surface area contributed by atoms with Gasteiger partial charge in [-0.05, 0) is 25.7 Å². The standard InChI is InChI=1S/C14H27NO3/c16-8-7-15(13-4-1-2-5-13)10-14(11-17)6-3-9-18-12-14/h13,16-17H,1-12H2. The van der Waals surface area contributed by atoms with E-state index in [0.717, 1.165) is 32.5 Å². The maximum absolute atomic E-state index is 9.73. The summed E-state index contributed by atoms with van der Waals surface area (Å²) in [6.07, 6.45) is 7.16. The second kappa shape index (κ2) is 6.85. The Morgan fingerprint density at radius 1 is 1.17 bits per heavy atom. The molecule has 4 nitrogen and oxygen atoms in total. The van der Waals surface area contributed by atoms with Gasteiger partial charge in [0.15, 0.2) is 0 Å². The summed E-state index contributed by atoms with van der Waals surface area (Å²) in [6, 6.07) is 0.600. The molecule has 106 valence electrons. The number of aliphatic hydroxyl groups is 2. The first-order valence-corrected chi connectivity index (χ1v) is 7.33. The van der Waals surface area contributed by atoms with E-state index in [2.05, 4.69) is 4.90 Å². The summed E-state index contributed by atoms with van der Waals surface area (Å²) in [5.74, 6) is 0.